The van der Waals surface area contributed by atoms with Gasteiger partial charge in [-0.3, -0.25) is 4.79 Å². The van der Waals surface area contributed by atoms with Crippen LogP contribution in [0.3, 0.4) is 0 Å². The van der Waals surface area contributed by atoms with Crippen molar-refractivity contribution in [3.8, 4) is 5.69 Å². The Balaban J connectivity index is 2.10. The number of carboxylic acids is 1. The second-order valence-electron chi connectivity index (χ2n) is 5.31. The summed E-state index contributed by atoms with van der Waals surface area (Å²) in [6, 6.07) is 8.34. The predicted molar refractivity (Wildman–Crippen MR) is 86.7 cm³/mol. The Kier molecular flexibility index (Phi) is 5.03. The first kappa shape index (κ1) is 17.7. The van der Waals surface area contributed by atoms with Crippen molar-refractivity contribution in [2.75, 3.05) is 6.26 Å². The lowest BCUT2D eigenvalue weighted by atomic mass is 10.2. The zero-order chi connectivity index (χ0) is 17.9. The topological polar surface area (TPSA) is 118 Å². The van der Waals surface area contributed by atoms with E-state index in [9.17, 15) is 18.0 Å². The van der Waals surface area contributed by atoms with Crippen molar-refractivity contribution in [1.29, 1.82) is 0 Å². The van der Waals surface area contributed by atoms with E-state index in [1.54, 1.807) is 24.3 Å². The van der Waals surface area contributed by atoms with Crippen LogP contribution in [0.2, 0.25) is 0 Å². The number of nitrogens with one attached hydrogen (secondary N) is 1. The first-order valence-electron chi connectivity index (χ1n) is 7.03. The maximum absolute atomic E-state index is 11.8. The van der Waals surface area contributed by atoms with Crippen molar-refractivity contribution in [3.63, 3.8) is 0 Å². The molecule has 0 aliphatic heterocycles. The van der Waals surface area contributed by atoms with E-state index in [-0.39, 0.29) is 12.2 Å². The molecule has 0 aliphatic carbocycles. The highest BCUT2D eigenvalue weighted by Crippen LogP contribution is 2.11. The maximum atomic E-state index is 11.8. The van der Waals surface area contributed by atoms with Gasteiger partial charge in [-0.2, -0.15) is 5.10 Å². The van der Waals surface area contributed by atoms with Gasteiger partial charge in [0.15, 0.2) is 15.5 Å². The molecule has 1 heterocycles. The average Bonchev–Trinajstić information content (AvgIpc) is 3.01. The molecule has 0 saturated heterocycles. The van der Waals surface area contributed by atoms with E-state index < -0.39 is 27.0 Å². The van der Waals surface area contributed by atoms with Crippen LogP contribution in [0.1, 0.15) is 23.0 Å². The number of sulfone groups is 1. The predicted octanol–water partition coefficient (Wildman–Crippen LogP) is 0.620. The minimum absolute atomic E-state index is 0.0734. The van der Waals surface area contributed by atoms with Gasteiger partial charge in [0.25, 0.3) is 0 Å². The lowest BCUT2D eigenvalue weighted by Crippen LogP contribution is -2.37. The zero-order valence-electron chi connectivity index (χ0n) is 13.1. The molecule has 2 N–H and O–H groups in total. The van der Waals surface area contributed by atoms with Crippen molar-refractivity contribution in [2.24, 2.45) is 0 Å². The second-order valence-corrected chi connectivity index (χ2v) is 7.68. The molecule has 128 valence electrons. The Morgan fingerprint density at radius 1 is 1.33 bits per heavy atom. The Labute approximate surface area is 139 Å². The van der Waals surface area contributed by atoms with Crippen molar-refractivity contribution in [2.45, 2.75) is 18.7 Å². The molecule has 1 aromatic carbocycles. The van der Waals surface area contributed by atoms with Crippen LogP contribution in [0.4, 0.5) is 0 Å². The number of carbonyl (C=O) groups is 2. The van der Waals surface area contributed by atoms with Crippen LogP contribution in [0.5, 0.6) is 0 Å². The SMILES string of the molecule is CC(C(=O)NCc1cccc(-n2ccc(C(=O)O)n2)c1)S(C)(=O)=O. The van der Waals surface area contributed by atoms with E-state index in [1.807, 2.05) is 0 Å². The van der Waals surface area contributed by atoms with E-state index in [0.717, 1.165) is 11.8 Å². The number of aromatic carboxylic acids is 1. The third kappa shape index (κ3) is 4.19. The summed E-state index contributed by atoms with van der Waals surface area (Å²) in [5.74, 6) is -1.69. The largest absolute Gasteiger partial charge is 0.476 e. The maximum Gasteiger partial charge on any atom is 0.356 e. The number of amides is 1. The van der Waals surface area contributed by atoms with Crippen molar-refractivity contribution in [1.82, 2.24) is 15.1 Å². The van der Waals surface area contributed by atoms with Crippen molar-refractivity contribution in [3.05, 3.63) is 47.8 Å². The smallest absolute Gasteiger partial charge is 0.356 e. The summed E-state index contributed by atoms with van der Waals surface area (Å²) in [6.45, 7) is 1.48. The lowest BCUT2D eigenvalue weighted by Gasteiger charge is -2.11. The van der Waals surface area contributed by atoms with Gasteiger partial charge in [-0.25, -0.2) is 17.9 Å². The molecule has 2 aromatic rings. The molecule has 1 unspecified atom stereocenters. The summed E-state index contributed by atoms with van der Waals surface area (Å²) in [5.41, 5.74) is 1.29. The highest BCUT2D eigenvalue weighted by molar-refractivity contribution is 7.92. The summed E-state index contributed by atoms with van der Waals surface area (Å²) in [7, 11) is -3.44. The lowest BCUT2D eigenvalue weighted by molar-refractivity contribution is -0.120. The quantitative estimate of drug-likeness (QED) is 0.787. The third-order valence-electron chi connectivity index (χ3n) is 3.46. The summed E-state index contributed by atoms with van der Waals surface area (Å²) in [4.78, 5) is 22.7. The fourth-order valence-corrected chi connectivity index (χ4v) is 2.39. The molecule has 8 nitrogen and oxygen atoms in total. The van der Waals surface area contributed by atoms with E-state index in [1.165, 1.54) is 23.9 Å². The third-order valence-corrected chi connectivity index (χ3v) is 4.96. The first-order chi connectivity index (χ1) is 11.2. The van der Waals surface area contributed by atoms with Gasteiger partial charge in [0, 0.05) is 19.0 Å². The summed E-state index contributed by atoms with van der Waals surface area (Å²) < 4.78 is 24.1. The van der Waals surface area contributed by atoms with Gasteiger partial charge in [-0.05, 0) is 30.7 Å². The van der Waals surface area contributed by atoms with Gasteiger partial charge in [0.2, 0.25) is 5.91 Å². The minimum atomic E-state index is -3.44. The number of hydrogen-bond acceptors (Lipinski definition) is 5. The van der Waals surface area contributed by atoms with Crippen LogP contribution < -0.4 is 5.32 Å². The Hall–Kier alpha value is -2.68. The molecule has 0 aliphatic rings. The number of aromatic nitrogens is 2. The molecule has 0 bridgehead atoms. The number of rotatable bonds is 6. The van der Waals surface area contributed by atoms with Crippen molar-refractivity contribution < 1.29 is 23.1 Å². The van der Waals surface area contributed by atoms with Crippen LogP contribution in [-0.2, 0) is 21.2 Å². The molecule has 0 fully saturated rings. The van der Waals surface area contributed by atoms with Gasteiger partial charge in [-0.15, -0.1) is 0 Å². The van der Waals surface area contributed by atoms with Crippen LogP contribution in [0, 0.1) is 0 Å². The molecule has 9 heteroatoms. The number of nitrogens with zero attached hydrogens (tertiary/aromatic N) is 2. The molecule has 24 heavy (non-hydrogen) atoms. The molecule has 0 spiro atoms. The summed E-state index contributed by atoms with van der Waals surface area (Å²) in [5, 5.41) is 14.3. The van der Waals surface area contributed by atoms with E-state index in [2.05, 4.69) is 10.4 Å². The molecule has 2 rings (SSSR count). The fourth-order valence-electron chi connectivity index (χ4n) is 1.92. The normalized spacial score (nSPS) is 12.6. The molecule has 0 radical (unpaired) electrons. The highest BCUT2D eigenvalue weighted by atomic mass is 32.2. The number of benzene rings is 1. The van der Waals surface area contributed by atoms with Gasteiger partial charge in [0.1, 0.15) is 5.25 Å². The van der Waals surface area contributed by atoms with Crippen LogP contribution in [0.25, 0.3) is 5.69 Å². The molecule has 1 amide bonds. The average molecular weight is 351 g/mol. The summed E-state index contributed by atoms with van der Waals surface area (Å²) in [6.07, 6.45) is 2.53. The van der Waals surface area contributed by atoms with Gasteiger partial charge in [0.05, 0.1) is 5.69 Å². The minimum Gasteiger partial charge on any atom is -0.476 e. The fraction of sp³-hybridized carbons (Fsp3) is 0.267. The zero-order valence-corrected chi connectivity index (χ0v) is 13.9. The molecule has 1 atom stereocenters. The standard InChI is InChI=1S/C15H17N3O5S/c1-10(24(2,22)23)14(19)16-9-11-4-3-5-12(8-11)18-7-6-13(17-18)15(20)21/h3-8,10H,9H2,1-2H3,(H,16,19)(H,20,21). The Morgan fingerprint density at radius 3 is 2.62 bits per heavy atom. The van der Waals surface area contributed by atoms with E-state index in [0.29, 0.717) is 5.69 Å². The molecular formula is C15H17N3O5S. The van der Waals surface area contributed by atoms with Gasteiger partial charge in [-0.1, -0.05) is 12.1 Å². The molecule has 0 saturated carbocycles. The van der Waals surface area contributed by atoms with Crippen LogP contribution >= 0.6 is 0 Å². The molecular weight excluding hydrogens is 334 g/mol. The summed E-state index contributed by atoms with van der Waals surface area (Å²) >= 11 is 0. The highest BCUT2D eigenvalue weighted by Gasteiger charge is 2.23. The monoisotopic (exact) mass is 351 g/mol. The number of hydrogen-bond donors (Lipinski definition) is 2. The van der Waals surface area contributed by atoms with Crippen LogP contribution in [0.15, 0.2) is 36.5 Å². The van der Waals surface area contributed by atoms with E-state index in [4.69, 9.17) is 5.11 Å². The van der Waals surface area contributed by atoms with Gasteiger partial charge >= 0.3 is 5.97 Å². The van der Waals surface area contributed by atoms with E-state index >= 15 is 0 Å². The Bertz CT molecular complexity index is 873. The van der Waals surface area contributed by atoms with Crippen molar-refractivity contribution >= 4 is 21.7 Å². The van der Waals surface area contributed by atoms with Crippen LogP contribution in [-0.4, -0.2) is 46.7 Å². The Morgan fingerprint density at radius 2 is 2.04 bits per heavy atom. The van der Waals surface area contributed by atoms with Gasteiger partial charge < -0.3 is 10.4 Å². The second kappa shape index (κ2) is 6.83. The first-order valence-corrected chi connectivity index (χ1v) is 8.99. The number of carboxylic acid groups (broad SMARTS) is 1. The number of carbonyl (C=O) groups excluding carboxylic acids is 1. The molecule has 1 aromatic heterocycles.